The summed E-state index contributed by atoms with van der Waals surface area (Å²) in [5, 5.41) is 11.6. The summed E-state index contributed by atoms with van der Waals surface area (Å²) in [4.78, 5) is 26.6. The van der Waals surface area contributed by atoms with Gasteiger partial charge in [0, 0.05) is 18.9 Å². The smallest absolute Gasteiger partial charge is 0.407 e. The van der Waals surface area contributed by atoms with Crippen molar-refractivity contribution in [3.05, 3.63) is 30.1 Å². The van der Waals surface area contributed by atoms with E-state index >= 15 is 0 Å². The van der Waals surface area contributed by atoms with E-state index in [-0.39, 0.29) is 6.54 Å². The second kappa shape index (κ2) is 6.88. The number of hydrogen-bond donors (Lipinski definition) is 2. The number of ether oxygens (including phenoxy) is 1. The van der Waals surface area contributed by atoms with Gasteiger partial charge in [-0.3, -0.25) is 9.78 Å². The van der Waals surface area contributed by atoms with Crippen molar-refractivity contribution in [1.29, 1.82) is 0 Å². The van der Waals surface area contributed by atoms with Crippen LogP contribution in [-0.4, -0.2) is 34.3 Å². The van der Waals surface area contributed by atoms with E-state index in [0.29, 0.717) is 6.42 Å². The first-order chi connectivity index (χ1) is 9.28. The van der Waals surface area contributed by atoms with E-state index < -0.39 is 23.6 Å². The molecule has 1 unspecified atom stereocenters. The molecule has 0 saturated carbocycles. The summed E-state index contributed by atoms with van der Waals surface area (Å²) in [5.41, 5.74) is 0.206. The Balaban J connectivity index is 2.52. The maximum absolute atomic E-state index is 11.5. The van der Waals surface area contributed by atoms with Crippen molar-refractivity contribution in [3.8, 4) is 0 Å². The second-order valence-electron chi connectivity index (χ2n) is 5.48. The average molecular weight is 280 g/mol. The zero-order valence-electron chi connectivity index (χ0n) is 11.9. The van der Waals surface area contributed by atoms with E-state index in [1.807, 2.05) is 0 Å². The number of rotatable bonds is 5. The number of aromatic nitrogens is 1. The molecule has 1 aromatic rings. The van der Waals surface area contributed by atoms with Gasteiger partial charge >= 0.3 is 12.1 Å². The van der Waals surface area contributed by atoms with Crippen molar-refractivity contribution in [1.82, 2.24) is 10.3 Å². The lowest BCUT2D eigenvalue weighted by Gasteiger charge is -2.20. The molecule has 6 nitrogen and oxygen atoms in total. The number of carbonyl (C=O) groups excluding carboxylic acids is 1. The molecule has 6 heteroatoms. The molecule has 0 aromatic carbocycles. The fourth-order valence-electron chi connectivity index (χ4n) is 1.57. The van der Waals surface area contributed by atoms with E-state index in [2.05, 4.69) is 10.3 Å². The van der Waals surface area contributed by atoms with Crippen molar-refractivity contribution >= 4 is 12.1 Å². The van der Waals surface area contributed by atoms with Crippen LogP contribution in [0, 0.1) is 5.92 Å². The summed E-state index contributed by atoms with van der Waals surface area (Å²) in [6.45, 7) is 5.25. The van der Waals surface area contributed by atoms with Gasteiger partial charge in [0.25, 0.3) is 0 Å². The van der Waals surface area contributed by atoms with E-state index in [1.54, 1.807) is 45.3 Å². The number of carboxylic acid groups (broad SMARTS) is 1. The lowest BCUT2D eigenvalue weighted by atomic mass is 10.0. The second-order valence-corrected chi connectivity index (χ2v) is 5.48. The van der Waals surface area contributed by atoms with E-state index in [9.17, 15) is 9.59 Å². The predicted molar refractivity (Wildman–Crippen MR) is 73.3 cm³/mol. The van der Waals surface area contributed by atoms with Crippen LogP contribution in [0.25, 0.3) is 0 Å². The monoisotopic (exact) mass is 280 g/mol. The molecular formula is C14H20N2O4. The number of nitrogens with one attached hydrogen (secondary N) is 1. The number of carboxylic acids is 1. The van der Waals surface area contributed by atoms with Gasteiger partial charge in [-0.05, 0) is 38.8 Å². The standard InChI is InChI=1S/C14H20N2O4/c1-14(2,3)20-13(19)16-9-11(12(17)18)7-10-5-4-6-15-8-10/h4-6,8,11H,7,9H2,1-3H3,(H,16,19)(H,17,18). The molecule has 1 aromatic heterocycles. The van der Waals surface area contributed by atoms with Crippen LogP contribution in [0.4, 0.5) is 4.79 Å². The van der Waals surface area contributed by atoms with Gasteiger partial charge < -0.3 is 15.2 Å². The molecule has 0 aliphatic heterocycles. The minimum absolute atomic E-state index is 0.0130. The molecule has 1 rings (SSSR count). The number of pyridine rings is 1. The van der Waals surface area contributed by atoms with Crippen LogP contribution in [0.2, 0.25) is 0 Å². The number of nitrogens with zero attached hydrogens (tertiary/aromatic N) is 1. The molecule has 0 bridgehead atoms. The minimum atomic E-state index is -0.968. The summed E-state index contributed by atoms with van der Waals surface area (Å²) < 4.78 is 5.06. The van der Waals surface area contributed by atoms with E-state index in [0.717, 1.165) is 5.56 Å². The number of carbonyl (C=O) groups is 2. The van der Waals surface area contributed by atoms with Crippen molar-refractivity contribution in [2.45, 2.75) is 32.8 Å². The third-order valence-electron chi connectivity index (χ3n) is 2.45. The van der Waals surface area contributed by atoms with Gasteiger partial charge in [0.15, 0.2) is 0 Å². The Hall–Kier alpha value is -2.11. The van der Waals surface area contributed by atoms with Crippen LogP contribution in [0.15, 0.2) is 24.5 Å². The first-order valence-electron chi connectivity index (χ1n) is 6.36. The summed E-state index contributed by atoms with van der Waals surface area (Å²) >= 11 is 0. The lowest BCUT2D eigenvalue weighted by Crippen LogP contribution is -2.37. The van der Waals surface area contributed by atoms with Crippen LogP contribution < -0.4 is 5.32 Å². The van der Waals surface area contributed by atoms with Crippen molar-refractivity contribution in [2.75, 3.05) is 6.54 Å². The van der Waals surface area contributed by atoms with Crippen LogP contribution in [0.1, 0.15) is 26.3 Å². The molecule has 0 fully saturated rings. The molecular weight excluding hydrogens is 260 g/mol. The number of aliphatic carboxylic acids is 1. The number of alkyl carbamates (subject to hydrolysis) is 1. The minimum Gasteiger partial charge on any atom is -0.481 e. The molecule has 1 atom stereocenters. The first-order valence-corrected chi connectivity index (χ1v) is 6.36. The maximum Gasteiger partial charge on any atom is 0.407 e. The summed E-state index contributed by atoms with van der Waals surface area (Å²) in [5.74, 6) is -1.68. The maximum atomic E-state index is 11.5. The van der Waals surface area contributed by atoms with Gasteiger partial charge in [0.2, 0.25) is 0 Å². The van der Waals surface area contributed by atoms with Gasteiger partial charge in [-0.15, -0.1) is 0 Å². The highest BCUT2D eigenvalue weighted by molar-refractivity contribution is 5.73. The largest absolute Gasteiger partial charge is 0.481 e. The fourth-order valence-corrected chi connectivity index (χ4v) is 1.57. The molecule has 0 aliphatic carbocycles. The molecule has 1 amide bonds. The van der Waals surface area contributed by atoms with Crippen molar-refractivity contribution in [2.24, 2.45) is 5.92 Å². The summed E-state index contributed by atoms with van der Waals surface area (Å²) in [7, 11) is 0. The lowest BCUT2D eigenvalue weighted by molar-refractivity contribution is -0.141. The molecule has 0 spiro atoms. The highest BCUT2D eigenvalue weighted by atomic mass is 16.6. The Morgan fingerprint density at radius 2 is 2.15 bits per heavy atom. The Kier molecular flexibility index (Phi) is 5.49. The van der Waals surface area contributed by atoms with Crippen LogP contribution in [0.3, 0.4) is 0 Å². The molecule has 0 saturated heterocycles. The van der Waals surface area contributed by atoms with Gasteiger partial charge in [-0.2, -0.15) is 0 Å². The molecule has 0 radical (unpaired) electrons. The average Bonchev–Trinajstić information content (AvgIpc) is 2.33. The summed E-state index contributed by atoms with van der Waals surface area (Å²) in [6.07, 6.45) is 2.93. The van der Waals surface area contributed by atoms with E-state index in [4.69, 9.17) is 9.84 Å². The van der Waals surface area contributed by atoms with Crippen molar-refractivity contribution < 1.29 is 19.4 Å². The zero-order valence-corrected chi connectivity index (χ0v) is 11.9. The van der Waals surface area contributed by atoms with E-state index in [1.165, 1.54) is 0 Å². The van der Waals surface area contributed by atoms with Crippen LogP contribution in [-0.2, 0) is 16.0 Å². The molecule has 1 heterocycles. The van der Waals surface area contributed by atoms with Crippen LogP contribution >= 0.6 is 0 Å². The molecule has 2 N–H and O–H groups in total. The Bertz CT molecular complexity index is 454. The molecule has 20 heavy (non-hydrogen) atoms. The van der Waals surface area contributed by atoms with Gasteiger partial charge in [-0.1, -0.05) is 6.07 Å². The number of hydrogen-bond acceptors (Lipinski definition) is 4. The Morgan fingerprint density at radius 1 is 1.45 bits per heavy atom. The molecule has 110 valence electrons. The summed E-state index contributed by atoms with van der Waals surface area (Å²) in [6, 6.07) is 3.55. The van der Waals surface area contributed by atoms with Crippen LogP contribution in [0.5, 0.6) is 0 Å². The fraction of sp³-hybridized carbons (Fsp3) is 0.500. The topological polar surface area (TPSA) is 88.5 Å². The molecule has 0 aliphatic rings. The van der Waals surface area contributed by atoms with Crippen molar-refractivity contribution in [3.63, 3.8) is 0 Å². The quantitative estimate of drug-likeness (QED) is 0.859. The Labute approximate surface area is 118 Å². The van der Waals surface area contributed by atoms with Gasteiger partial charge in [-0.25, -0.2) is 4.79 Å². The highest BCUT2D eigenvalue weighted by Crippen LogP contribution is 2.09. The third-order valence-corrected chi connectivity index (χ3v) is 2.45. The SMILES string of the molecule is CC(C)(C)OC(=O)NCC(Cc1cccnc1)C(=O)O. The predicted octanol–water partition coefficient (Wildman–Crippen LogP) is 1.85. The highest BCUT2D eigenvalue weighted by Gasteiger charge is 2.21. The first kappa shape index (κ1) is 15.9. The normalized spacial score (nSPS) is 12.6. The van der Waals surface area contributed by atoms with Gasteiger partial charge in [0.05, 0.1) is 5.92 Å². The zero-order chi connectivity index (χ0) is 15.2. The number of amides is 1. The third kappa shape index (κ3) is 6.17. The Morgan fingerprint density at radius 3 is 2.65 bits per heavy atom. The van der Waals surface area contributed by atoms with Gasteiger partial charge in [0.1, 0.15) is 5.60 Å².